The number of rotatable bonds is 3. The third kappa shape index (κ3) is 3.74. The van der Waals surface area contributed by atoms with Gasteiger partial charge in [0.2, 0.25) is 5.91 Å². The molecule has 2 aromatic carbocycles. The molecule has 5 nitrogen and oxygen atoms in total. The number of nitrogens with zero attached hydrogens (tertiary/aromatic N) is 1. The number of amides is 3. The fourth-order valence-corrected chi connectivity index (χ4v) is 3.01. The van der Waals surface area contributed by atoms with Gasteiger partial charge in [-0.15, -0.1) is 0 Å². The zero-order chi connectivity index (χ0) is 17.1. The lowest BCUT2D eigenvalue weighted by molar-refractivity contribution is -0.117. The van der Waals surface area contributed by atoms with E-state index in [-0.39, 0.29) is 11.9 Å². The predicted molar refractivity (Wildman–Crippen MR) is 96.6 cm³/mol. The molecule has 1 aliphatic heterocycles. The first kappa shape index (κ1) is 16.1. The number of nitrogens with one attached hydrogen (secondary N) is 2. The Morgan fingerprint density at radius 3 is 2.38 bits per heavy atom. The van der Waals surface area contributed by atoms with Crippen molar-refractivity contribution in [2.24, 2.45) is 0 Å². The second kappa shape index (κ2) is 6.74. The molecule has 0 saturated carbocycles. The fourth-order valence-electron chi connectivity index (χ4n) is 3.01. The van der Waals surface area contributed by atoms with E-state index < -0.39 is 0 Å². The van der Waals surface area contributed by atoms with Crippen LogP contribution in [-0.4, -0.2) is 18.5 Å². The Balaban J connectivity index is 1.69. The molecule has 3 rings (SSSR count). The van der Waals surface area contributed by atoms with Crippen LogP contribution in [0.2, 0.25) is 0 Å². The molecule has 1 fully saturated rings. The fraction of sp³-hybridized carbons (Fsp3) is 0.263. The van der Waals surface area contributed by atoms with Crippen LogP contribution in [0, 0.1) is 13.8 Å². The first-order valence-corrected chi connectivity index (χ1v) is 8.08. The molecule has 124 valence electrons. The first-order chi connectivity index (χ1) is 11.5. The van der Waals surface area contributed by atoms with E-state index in [9.17, 15) is 9.59 Å². The Morgan fingerprint density at radius 1 is 1.00 bits per heavy atom. The Morgan fingerprint density at radius 2 is 1.71 bits per heavy atom. The van der Waals surface area contributed by atoms with Gasteiger partial charge in [-0.05, 0) is 61.7 Å². The smallest absolute Gasteiger partial charge is 0.312 e. The maximum Gasteiger partial charge on any atom is 0.323 e. The lowest BCUT2D eigenvalue weighted by Crippen LogP contribution is -2.24. The van der Waals surface area contributed by atoms with Crippen LogP contribution in [0.3, 0.4) is 0 Å². The molecule has 24 heavy (non-hydrogen) atoms. The molecule has 3 amide bonds. The molecule has 2 aromatic rings. The molecular weight excluding hydrogens is 302 g/mol. The van der Waals surface area contributed by atoms with Crippen LogP contribution >= 0.6 is 0 Å². The number of hydrogen-bond acceptors (Lipinski definition) is 2. The number of hydrogen-bond donors (Lipinski definition) is 2. The highest BCUT2D eigenvalue weighted by Crippen LogP contribution is 2.24. The summed E-state index contributed by atoms with van der Waals surface area (Å²) in [6.07, 6.45) is 1.47. The lowest BCUT2D eigenvalue weighted by Gasteiger charge is -2.17. The lowest BCUT2D eigenvalue weighted by atomic mass is 10.1. The maximum atomic E-state index is 12.2. The summed E-state index contributed by atoms with van der Waals surface area (Å²) in [6.45, 7) is 4.72. The van der Waals surface area contributed by atoms with Gasteiger partial charge in [0.1, 0.15) is 0 Å². The number of anilines is 3. The van der Waals surface area contributed by atoms with Crippen molar-refractivity contribution in [1.29, 1.82) is 0 Å². The van der Waals surface area contributed by atoms with Crippen molar-refractivity contribution in [2.45, 2.75) is 26.7 Å². The second-order valence-corrected chi connectivity index (χ2v) is 6.15. The predicted octanol–water partition coefficient (Wildman–Crippen LogP) is 4.07. The molecule has 0 aromatic heterocycles. The van der Waals surface area contributed by atoms with Crippen LogP contribution in [0.15, 0.2) is 42.5 Å². The minimum Gasteiger partial charge on any atom is -0.312 e. The van der Waals surface area contributed by atoms with Gasteiger partial charge < -0.3 is 15.5 Å². The summed E-state index contributed by atoms with van der Waals surface area (Å²) in [4.78, 5) is 25.8. The van der Waals surface area contributed by atoms with Crippen molar-refractivity contribution < 1.29 is 9.59 Å². The number of carbonyl (C=O) groups is 2. The van der Waals surface area contributed by atoms with Crippen LogP contribution in [-0.2, 0) is 4.79 Å². The van der Waals surface area contributed by atoms with Gasteiger partial charge in [-0.25, -0.2) is 4.79 Å². The van der Waals surface area contributed by atoms with Crippen LogP contribution < -0.4 is 15.5 Å². The van der Waals surface area contributed by atoms with Gasteiger partial charge in [-0.3, -0.25) is 4.79 Å². The number of carbonyl (C=O) groups excluding carboxylic acids is 2. The summed E-state index contributed by atoms with van der Waals surface area (Å²) in [5, 5.41) is 5.66. The Kier molecular flexibility index (Phi) is 4.51. The summed E-state index contributed by atoms with van der Waals surface area (Å²) < 4.78 is 0. The van der Waals surface area contributed by atoms with Crippen molar-refractivity contribution in [3.05, 3.63) is 53.6 Å². The van der Waals surface area contributed by atoms with E-state index in [0.717, 1.165) is 35.5 Å². The van der Waals surface area contributed by atoms with E-state index in [1.807, 2.05) is 50.2 Å². The Labute approximate surface area is 141 Å². The van der Waals surface area contributed by atoms with Crippen molar-refractivity contribution in [3.8, 4) is 0 Å². The van der Waals surface area contributed by atoms with Gasteiger partial charge in [0.15, 0.2) is 0 Å². The van der Waals surface area contributed by atoms with E-state index in [1.54, 1.807) is 4.90 Å². The van der Waals surface area contributed by atoms with Crippen molar-refractivity contribution in [2.75, 3.05) is 22.1 Å². The van der Waals surface area contributed by atoms with Gasteiger partial charge in [0.05, 0.1) is 0 Å². The molecule has 0 atom stereocenters. The first-order valence-electron chi connectivity index (χ1n) is 8.08. The molecule has 0 unspecified atom stereocenters. The van der Waals surface area contributed by atoms with E-state index in [4.69, 9.17) is 0 Å². The van der Waals surface area contributed by atoms with E-state index >= 15 is 0 Å². The molecule has 1 aliphatic rings. The average Bonchev–Trinajstić information content (AvgIpc) is 2.92. The second-order valence-electron chi connectivity index (χ2n) is 6.15. The third-order valence-corrected chi connectivity index (χ3v) is 3.97. The Hall–Kier alpha value is -2.82. The van der Waals surface area contributed by atoms with Gasteiger partial charge in [-0.1, -0.05) is 12.1 Å². The molecule has 0 aliphatic carbocycles. The standard InChI is InChI=1S/C19H21N3O2/c1-13-9-14(2)11-16(10-13)21-19(24)20-15-5-3-6-17(12-15)22-8-4-7-18(22)23/h3,5-6,9-12H,4,7-8H2,1-2H3,(H2,20,21,24). The molecular formula is C19H21N3O2. The molecule has 0 radical (unpaired) electrons. The zero-order valence-electron chi connectivity index (χ0n) is 13.9. The van der Waals surface area contributed by atoms with E-state index in [0.29, 0.717) is 12.1 Å². The highest BCUT2D eigenvalue weighted by Gasteiger charge is 2.21. The SMILES string of the molecule is Cc1cc(C)cc(NC(=O)Nc2cccc(N3CCCC3=O)c2)c1. The summed E-state index contributed by atoms with van der Waals surface area (Å²) >= 11 is 0. The summed E-state index contributed by atoms with van der Waals surface area (Å²) in [5.41, 5.74) is 4.44. The van der Waals surface area contributed by atoms with Crippen molar-refractivity contribution in [3.63, 3.8) is 0 Å². The van der Waals surface area contributed by atoms with Gasteiger partial charge in [-0.2, -0.15) is 0 Å². The molecule has 1 heterocycles. The van der Waals surface area contributed by atoms with Crippen molar-refractivity contribution >= 4 is 29.0 Å². The maximum absolute atomic E-state index is 12.2. The highest BCUT2D eigenvalue weighted by molar-refractivity contribution is 6.01. The molecule has 0 spiro atoms. The van der Waals surface area contributed by atoms with Crippen LogP contribution in [0.25, 0.3) is 0 Å². The monoisotopic (exact) mass is 323 g/mol. The minimum atomic E-state index is -0.301. The quantitative estimate of drug-likeness (QED) is 0.894. The van der Waals surface area contributed by atoms with Crippen LogP contribution in [0.5, 0.6) is 0 Å². The highest BCUT2D eigenvalue weighted by atomic mass is 16.2. The molecule has 1 saturated heterocycles. The largest absolute Gasteiger partial charge is 0.323 e. The minimum absolute atomic E-state index is 0.131. The van der Waals surface area contributed by atoms with Crippen molar-refractivity contribution in [1.82, 2.24) is 0 Å². The third-order valence-electron chi connectivity index (χ3n) is 3.97. The van der Waals surface area contributed by atoms with Gasteiger partial charge in [0, 0.05) is 30.0 Å². The number of urea groups is 1. The summed E-state index contributed by atoms with van der Waals surface area (Å²) in [6, 6.07) is 13.0. The number of benzene rings is 2. The molecule has 2 N–H and O–H groups in total. The van der Waals surface area contributed by atoms with Crippen LogP contribution in [0.4, 0.5) is 21.9 Å². The Bertz CT molecular complexity index is 766. The zero-order valence-corrected chi connectivity index (χ0v) is 13.9. The topological polar surface area (TPSA) is 61.4 Å². The van der Waals surface area contributed by atoms with Crippen LogP contribution in [0.1, 0.15) is 24.0 Å². The van der Waals surface area contributed by atoms with E-state index in [2.05, 4.69) is 16.7 Å². The normalized spacial score (nSPS) is 13.9. The molecule has 5 heteroatoms. The molecule has 0 bridgehead atoms. The average molecular weight is 323 g/mol. The van der Waals surface area contributed by atoms with E-state index in [1.165, 1.54) is 0 Å². The van der Waals surface area contributed by atoms with Gasteiger partial charge >= 0.3 is 6.03 Å². The number of aryl methyl sites for hydroxylation is 2. The summed E-state index contributed by atoms with van der Waals surface area (Å²) in [7, 11) is 0. The van der Waals surface area contributed by atoms with Gasteiger partial charge in [0.25, 0.3) is 0 Å². The summed E-state index contributed by atoms with van der Waals surface area (Å²) in [5.74, 6) is 0.131.